The minimum absolute atomic E-state index is 0.0340. The molecule has 1 aromatic carbocycles. The van der Waals surface area contributed by atoms with Crippen LogP contribution in [0.2, 0.25) is 0 Å². The lowest BCUT2D eigenvalue weighted by molar-refractivity contribution is -0.188. The van der Waals surface area contributed by atoms with Gasteiger partial charge in [0, 0.05) is 11.6 Å². The summed E-state index contributed by atoms with van der Waals surface area (Å²) in [6, 6.07) is 4.74. The van der Waals surface area contributed by atoms with Gasteiger partial charge in [-0.2, -0.15) is 13.2 Å². The summed E-state index contributed by atoms with van der Waals surface area (Å²) < 4.78 is 54.2. The average Bonchev–Trinajstić information content (AvgIpc) is 2.18. The molecule has 0 aliphatic heterocycles. The Labute approximate surface area is 96.4 Å². The number of alkyl halides is 3. The highest BCUT2D eigenvalue weighted by Gasteiger charge is 2.31. The molecule has 2 atom stereocenters. The van der Waals surface area contributed by atoms with Crippen LogP contribution in [0.1, 0.15) is 18.6 Å². The third-order valence-corrected chi connectivity index (χ3v) is 2.12. The van der Waals surface area contributed by atoms with Crippen LogP contribution < -0.4 is 5.73 Å². The summed E-state index contributed by atoms with van der Waals surface area (Å²) in [5.41, 5.74) is 5.54. The monoisotopic (exact) mass is 251 g/mol. The molecule has 2 nitrogen and oxygen atoms in total. The van der Waals surface area contributed by atoms with E-state index in [1.807, 2.05) is 0 Å². The van der Waals surface area contributed by atoms with E-state index in [1.54, 1.807) is 0 Å². The van der Waals surface area contributed by atoms with Crippen molar-refractivity contribution < 1.29 is 22.3 Å². The molecule has 6 heteroatoms. The van der Waals surface area contributed by atoms with Crippen molar-refractivity contribution in [2.24, 2.45) is 5.73 Å². The van der Waals surface area contributed by atoms with Gasteiger partial charge in [0.1, 0.15) is 18.5 Å². The van der Waals surface area contributed by atoms with Crippen LogP contribution in [0.4, 0.5) is 17.6 Å². The lowest BCUT2D eigenvalue weighted by atomic mass is 10.0. The highest BCUT2D eigenvalue weighted by atomic mass is 19.4. The van der Waals surface area contributed by atoms with E-state index in [-0.39, 0.29) is 5.56 Å². The van der Waals surface area contributed by atoms with E-state index in [1.165, 1.54) is 25.1 Å². The highest BCUT2D eigenvalue weighted by molar-refractivity contribution is 5.21. The minimum Gasteiger partial charge on any atom is -0.362 e. The van der Waals surface area contributed by atoms with Crippen molar-refractivity contribution in [1.82, 2.24) is 0 Å². The molecule has 0 radical (unpaired) electrons. The Hall–Kier alpha value is -1.14. The molecule has 0 heterocycles. The van der Waals surface area contributed by atoms with Crippen LogP contribution in [0.3, 0.4) is 0 Å². The SMILES string of the molecule is CC(N)C(OCC(F)(F)F)c1ccccc1F. The van der Waals surface area contributed by atoms with Gasteiger partial charge >= 0.3 is 6.18 Å². The van der Waals surface area contributed by atoms with Gasteiger partial charge in [0.05, 0.1) is 0 Å². The van der Waals surface area contributed by atoms with Gasteiger partial charge in [0.25, 0.3) is 0 Å². The molecule has 17 heavy (non-hydrogen) atoms. The van der Waals surface area contributed by atoms with Gasteiger partial charge in [-0.15, -0.1) is 0 Å². The van der Waals surface area contributed by atoms with Gasteiger partial charge in [-0.1, -0.05) is 18.2 Å². The first-order valence-corrected chi connectivity index (χ1v) is 4.99. The minimum atomic E-state index is -4.46. The predicted molar refractivity (Wildman–Crippen MR) is 54.8 cm³/mol. The fraction of sp³-hybridized carbons (Fsp3) is 0.455. The number of hydrogen-bond donors (Lipinski definition) is 1. The zero-order chi connectivity index (χ0) is 13.1. The maximum Gasteiger partial charge on any atom is 0.411 e. The second kappa shape index (κ2) is 5.46. The quantitative estimate of drug-likeness (QED) is 0.835. The smallest absolute Gasteiger partial charge is 0.362 e. The molecule has 0 aromatic heterocycles. The van der Waals surface area contributed by atoms with Crippen LogP contribution in [0.5, 0.6) is 0 Å². The van der Waals surface area contributed by atoms with Crippen LogP contribution in [-0.2, 0) is 4.74 Å². The van der Waals surface area contributed by atoms with Crippen LogP contribution >= 0.6 is 0 Å². The van der Waals surface area contributed by atoms with Gasteiger partial charge in [-0.05, 0) is 13.0 Å². The van der Waals surface area contributed by atoms with Crippen molar-refractivity contribution in [3.8, 4) is 0 Å². The molecule has 0 aliphatic rings. The van der Waals surface area contributed by atoms with E-state index < -0.39 is 30.7 Å². The molecule has 0 fully saturated rings. The third-order valence-electron chi connectivity index (χ3n) is 2.12. The van der Waals surface area contributed by atoms with Gasteiger partial charge in [-0.25, -0.2) is 4.39 Å². The summed E-state index contributed by atoms with van der Waals surface area (Å²) in [5, 5.41) is 0. The molecule has 0 bridgehead atoms. The van der Waals surface area contributed by atoms with Crippen molar-refractivity contribution in [3.05, 3.63) is 35.6 Å². The molecule has 1 rings (SSSR count). The summed E-state index contributed by atoms with van der Waals surface area (Å²) in [5.74, 6) is -0.628. The van der Waals surface area contributed by atoms with Gasteiger partial charge in [0.15, 0.2) is 0 Å². The van der Waals surface area contributed by atoms with Gasteiger partial charge in [0.2, 0.25) is 0 Å². The Morgan fingerprint density at radius 1 is 1.29 bits per heavy atom. The van der Waals surface area contributed by atoms with Crippen LogP contribution in [-0.4, -0.2) is 18.8 Å². The molecule has 0 amide bonds. The van der Waals surface area contributed by atoms with E-state index in [0.29, 0.717) is 0 Å². The lowest BCUT2D eigenvalue weighted by Gasteiger charge is -2.23. The standard InChI is InChI=1S/C11H13F4NO/c1-7(16)10(17-6-11(13,14)15)8-4-2-3-5-9(8)12/h2-5,7,10H,6,16H2,1H3. The zero-order valence-electron chi connectivity index (χ0n) is 9.17. The normalized spacial score (nSPS) is 15.6. The van der Waals surface area contributed by atoms with E-state index in [0.717, 1.165) is 6.07 Å². The Balaban J connectivity index is 2.84. The van der Waals surface area contributed by atoms with Crippen LogP contribution in [0.25, 0.3) is 0 Å². The molecular formula is C11H13F4NO. The maximum absolute atomic E-state index is 13.4. The number of rotatable bonds is 4. The second-order valence-corrected chi connectivity index (χ2v) is 3.73. The van der Waals surface area contributed by atoms with Crippen molar-refractivity contribution >= 4 is 0 Å². The summed E-state index contributed by atoms with van der Waals surface area (Å²) in [7, 11) is 0. The van der Waals surface area contributed by atoms with Gasteiger partial charge in [-0.3, -0.25) is 0 Å². The van der Waals surface area contributed by atoms with E-state index in [4.69, 9.17) is 5.73 Å². The number of nitrogens with two attached hydrogens (primary N) is 1. The van der Waals surface area contributed by atoms with Crippen molar-refractivity contribution in [1.29, 1.82) is 0 Å². The highest BCUT2D eigenvalue weighted by Crippen LogP contribution is 2.26. The molecule has 1 aromatic rings. The number of ether oxygens (including phenoxy) is 1. The average molecular weight is 251 g/mol. The fourth-order valence-electron chi connectivity index (χ4n) is 1.41. The topological polar surface area (TPSA) is 35.2 Å². The Bertz CT molecular complexity index is 365. The van der Waals surface area contributed by atoms with Crippen molar-refractivity contribution in [2.75, 3.05) is 6.61 Å². The third kappa shape index (κ3) is 4.32. The predicted octanol–water partition coefficient (Wildman–Crippen LogP) is 2.79. The first kappa shape index (κ1) is 13.9. The Kier molecular flexibility index (Phi) is 4.47. The molecule has 96 valence electrons. The fourth-order valence-corrected chi connectivity index (χ4v) is 1.41. The number of hydrogen-bond acceptors (Lipinski definition) is 2. The molecular weight excluding hydrogens is 238 g/mol. The first-order chi connectivity index (χ1) is 7.81. The van der Waals surface area contributed by atoms with Crippen LogP contribution in [0, 0.1) is 5.82 Å². The molecule has 2 N–H and O–H groups in total. The summed E-state index contributed by atoms with van der Waals surface area (Å²) in [6.07, 6.45) is -5.57. The summed E-state index contributed by atoms with van der Waals surface area (Å²) in [6.45, 7) is 0.0149. The Morgan fingerprint density at radius 3 is 2.35 bits per heavy atom. The molecule has 2 unspecified atom stereocenters. The molecule has 0 aliphatic carbocycles. The maximum atomic E-state index is 13.4. The molecule has 0 spiro atoms. The second-order valence-electron chi connectivity index (χ2n) is 3.73. The van der Waals surface area contributed by atoms with E-state index >= 15 is 0 Å². The van der Waals surface area contributed by atoms with Gasteiger partial charge < -0.3 is 10.5 Å². The Morgan fingerprint density at radius 2 is 1.88 bits per heavy atom. The summed E-state index contributed by atoms with van der Waals surface area (Å²) in [4.78, 5) is 0. The van der Waals surface area contributed by atoms with Crippen molar-refractivity contribution in [3.63, 3.8) is 0 Å². The molecule has 0 saturated heterocycles. The van der Waals surface area contributed by atoms with Crippen molar-refractivity contribution in [2.45, 2.75) is 25.2 Å². The summed E-state index contributed by atoms with van der Waals surface area (Å²) >= 11 is 0. The zero-order valence-corrected chi connectivity index (χ0v) is 9.17. The van der Waals surface area contributed by atoms with E-state index in [2.05, 4.69) is 4.74 Å². The first-order valence-electron chi connectivity index (χ1n) is 4.99. The van der Waals surface area contributed by atoms with E-state index in [9.17, 15) is 17.6 Å². The largest absolute Gasteiger partial charge is 0.411 e. The molecule has 0 saturated carbocycles. The number of halogens is 4. The van der Waals surface area contributed by atoms with Crippen LogP contribution in [0.15, 0.2) is 24.3 Å². The number of benzene rings is 1. The lowest BCUT2D eigenvalue weighted by Crippen LogP contribution is -2.31.